The Balaban J connectivity index is 0.837. The maximum Gasteiger partial charge on any atom is 0.262 e. The maximum atomic E-state index is 13.6. The topological polar surface area (TPSA) is 151 Å². The molecule has 1 unspecified atom stereocenters. The van der Waals surface area contributed by atoms with Gasteiger partial charge in [-0.3, -0.25) is 53.4 Å². The number of carbonyl (C=O) groups is 4. The zero-order valence-electron chi connectivity index (χ0n) is 32.2. The van der Waals surface area contributed by atoms with E-state index in [0.717, 1.165) is 92.7 Å². The van der Waals surface area contributed by atoms with Crippen molar-refractivity contribution in [3.63, 3.8) is 0 Å². The van der Waals surface area contributed by atoms with Gasteiger partial charge in [0.05, 0.1) is 40.0 Å². The van der Waals surface area contributed by atoms with Crippen molar-refractivity contribution in [2.45, 2.75) is 58.8 Å². The summed E-state index contributed by atoms with van der Waals surface area (Å²) in [5, 5.41) is 17.4. The molecule has 0 aliphatic carbocycles. The molecule has 5 aromatic rings. The van der Waals surface area contributed by atoms with Crippen molar-refractivity contribution < 1.29 is 19.2 Å². The lowest BCUT2D eigenvalue weighted by molar-refractivity contribution is -0.136. The van der Waals surface area contributed by atoms with Crippen molar-refractivity contribution in [2.75, 3.05) is 32.7 Å². The minimum absolute atomic E-state index is 0.0870. The molecule has 4 aliphatic rings. The van der Waals surface area contributed by atoms with Crippen molar-refractivity contribution in [3.8, 4) is 16.8 Å². The molecule has 3 aromatic heterocycles. The van der Waals surface area contributed by atoms with Crippen molar-refractivity contribution in [2.24, 2.45) is 4.99 Å². The number of benzene rings is 2. The Morgan fingerprint density at radius 2 is 1.69 bits per heavy atom. The molecule has 14 nitrogen and oxygen atoms in total. The van der Waals surface area contributed by atoms with Crippen LogP contribution < -0.4 is 5.32 Å². The van der Waals surface area contributed by atoms with Gasteiger partial charge in [-0.25, -0.2) is 0 Å². The molecule has 2 atom stereocenters. The van der Waals surface area contributed by atoms with Gasteiger partial charge in [-0.2, -0.15) is 5.10 Å². The van der Waals surface area contributed by atoms with Gasteiger partial charge in [-0.1, -0.05) is 47.7 Å². The fourth-order valence-corrected chi connectivity index (χ4v) is 9.49. The summed E-state index contributed by atoms with van der Waals surface area (Å²) in [6.45, 7) is 11.4. The molecule has 2 saturated heterocycles. The predicted octanol–water partition coefficient (Wildman–Crippen LogP) is 4.33. The number of hydrogen-bond donors (Lipinski definition) is 1. The van der Waals surface area contributed by atoms with E-state index < -0.39 is 29.7 Å². The summed E-state index contributed by atoms with van der Waals surface area (Å²) in [6, 6.07) is 11.9. The highest BCUT2D eigenvalue weighted by atomic mass is 35.5. The van der Waals surface area contributed by atoms with Crippen LogP contribution in [0.4, 0.5) is 0 Å². The number of halogens is 1. The molecular formula is C42H39ClN10O4S. The average molecular weight is 815 g/mol. The number of piperidine rings is 1. The van der Waals surface area contributed by atoms with Gasteiger partial charge in [0.1, 0.15) is 22.9 Å². The Morgan fingerprint density at radius 1 is 0.914 bits per heavy atom. The smallest absolute Gasteiger partial charge is 0.262 e. The first-order valence-electron chi connectivity index (χ1n) is 19.3. The number of aliphatic imine (C=N–C) groups is 1. The van der Waals surface area contributed by atoms with E-state index in [4.69, 9.17) is 16.6 Å². The van der Waals surface area contributed by atoms with Crippen molar-refractivity contribution in [1.82, 2.24) is 44.6 Å². The van der Waals surface area contributed by atoms with E-state index >= 15 is 0 Å². The number of rotatable bonds is 7. The third-order valence-corrected chi connectivity index (χ3v) is 12.7. The predicted molar refractivity (Wildman–Crippen MR) is 217 cm³/mol. The molecule has 2 fully saturated rings. The molecule has 2 aromatic carbocycles. The van der Waals surface area contributed by atoms with Gasteiger partial charge in [-0.15, -0.1) is 21.5 Å². The van der Waals surface area contributed by atoms with Crippen LogP contribution in [0.3, 0.4) is 0 Å². The highest BCUT2D eigenvalue weighted by Crippen LogP contribution is 2.39. The molecule has 58 heavy (non-hydrogen) atoms. The molecule has 0 saturated carbocycles. The number of aromatic nitrogens is 5. The summed E-state index contributed by atoms with van der Waals surface area (Å²) in [6.07, 6.45) is 4.00. The summed E-state index contributed by atoms with van der Waals surface area (Å²) in [5.74, 6) is 6.40. The van der Waals surface area contributed by atoms with Crippen LogP contribution in [0.2, 0.25) is 5.02 Å². The largest absolute Gasteiger partial charge is 0.299 e. The van der Waals surface area contributed by atoms with Gasteiger partial charge in [-0.05, 0) is 56.5 Å². The molecule has 16 heteroatoms. The molecule has 4 aliphatic heterocycles. The number of imide groups is 2. The second-order valence-corrected chi connectivity index (χ2v) is 16.4. The van der Waals surface area contributed by atoms with Crippen LogP contribution in [0.5, 0.6) is 0 Å². The van der Waals surface area contributed by atoms with Crippen LogP contribution >= 0.6 is 22.9 Å². The van der Waals surface area contributed by atoms with Crippen LogP contribution in [0.15, 0.2) is 59.9 Å². The molecule has 0 bridgehead atoms. The molecule has 7 heterocycles. The van der Waals surface area contributed by atoms with Crippen LogP contribution in [-0.4, -0.2) is 107 Å². The van der Waals surface area contributed by atoms with Gasteiger partial charge < -0.3 is 0 Å². The zero-order valence-corrected chi connectivity index (χ0v) is 33.7. The van der Waals surface area contributed by atoms with E-state index in [0.29, 0.717) is 29.2 Å². The Morgan fingerprint density at radius 3 is 2.47 bits per heavy atom. The Kier molecular flexibility index (Phi) is 9.89. The third kappa shape index (κ3) is 6.85. The number of thiophene rings is 1. The van der Waals surface area contributed by atoms with E-state index in [9.17, 15) is 19.2 Å². The van der Waals surface area contributed by atoms with Crippen LogP contribution in [-0.2, 0) is 22.7 Å². The minimum atomic E-state index is -0.983. The van der Waals surface area contributed by atoms with Gasteiger partial charge in [0, 0.05) is 68.0 Å². The molecule has 0 radical (unpaired) electrons. The number of nitrogens with zero attached hydrogens (tertiary/aromatic N) is 9. The number of hydrogen-bond acceptors (Lipinski definition) is 11. The monoisotopic (exact) mass is 814 g/mol. The SMILES string of the molecule is Cc1c(C#Cc2cnn(CCN3CCN(Cc4cccc5c4C(=O)N(C4CCC(=O)NC4=O)C5=O)CC3)c2)sc2c1C(c1ccc(Cl)cc1)=N[C@@H](C)c1nnc(C)n1-2. The molecular weight excluding hydrogens is 776 g/mol. The van der Waals surface area contributed by atoms with E-state index in [-0.39, 0.29) is 18.9 Å². The molecule has 9 rings (SSSR count). The first-order chi connectivity index (χ1) is 28.0. The number of carbonyl (C=O) groups excluding carboxylic acids is 4. The van der Waals surface area contributed by atoms with E-state index in [2.05, 4.69) is 53.7 Å². The van der Waals surface area contributed by atoms with Crippen LogP contribution in [0.25, 0.3) is 5.00 Å². The summed E-state index contributed by atoms with van der Waals surface area (Å²) in [7, 11) is 0. The van der Waals surface area contributed by atoms with E-state index in [1.807, 2.05) is 55.1 Å². The van der Waals surface area contributed by atoms with E-state index in [1.165, 1.54) is 0 Å². The van der Waals surface area contributed by atoms with Gasteiger partial charge >= 0.3 is 0 Å². The summed E-state index contributed by atoms with van der Waals surface area (Å²) < 4.78 is 4.03. The standard InChI is InChI=1S/C42H39ClN10O4S/c1-24-33(58-42-35(24)37(28-8-10-30(43)11-9-28)45-25(2)38-48-47-26(3)52(38)42)13-7-27-21-44-51(22-27)20-19-49-15-17-50(18-16-49)23-29-5-4-6-31-36(29)41(57)53(40(31)56)32-12-14-34(54)46-39(32)55/h4-6,8-11,21-22,25,32H,12,14-20,23H2,1-3H3,(H,46,54,55)/t25-,32?/m0/s1. The second-order valence-electron chi connectivity index (χ2n) is 15.0. The van der Waals surface area contributed by atoms with Crippen LogP contribution in [0, 0.1) is 25.7 Å². The zero-order chi connectivity index (χ0) is 40.2. The number of amides is 4. The molecule has 0 spiro atoms. The maximum absolute atomic E-state index is 13.6. The van der Waals surface area contributed by atoms with Crippen molar-refractivity contribution in [3.05, 3.63) is 115 Å². The third-order valence-electron chi connectivity index (χ3n) is 11.2. The normalized spacial score (nSPS) is 19.6. The molecule has 294 valence electrons. The fraction of sp³-hybridized carbons (Fsp3) is 0.333. The molecule has 4 amide bonds. The average Bonchev–Trinajstić information content (AvgIpc) is 3.96. The van der Waals surface area contributed by atoms with Crippen LogP contribution in [0.1, 0.15) is 90.9 Å². The summed E-state index contributed by atoms with van der Waals surface area (Å²) >= 11 is 7.85. The number of aryl methyl sites for hydroxylation is 1. The summed E-state index contributed by atoms with van der Waals surface area (Å²) in [5.41, 5.74) is 6.18. The molecule has 1 N–H and O–H groups in total. The quantitative estimate of drug-likeness (QED) is 0.187. The number of piperazine rings is 1. The van der Waals surface area contributed by atoms with Crippen molar-refractivity contribution in [1.29, 1.82) is 0 Å². The second kappa shape index (κ2) is 15.2. The van der Waals surface area contributed by atoms with Gasteiger partial charge in [0.15, 0.2) is 5.82 Å². The fourth-order valence-electron chi connectivity index (χ4n) is 8.15. The van der Waals surface area contributed by atoms with Crippen molar-refractivity contribution >= 4 is 52.3 Å². The number of fused-ring (bicyclic) bond motifs is 4. The first kappa shape index (κ1) is 37.8. The lowest BCUT2D eigenvalue weighted by Crippen LogP contribution is -2.54. The van der Waals surface area contributed by atoms with Gasteiger partial charge in [0.2, 0.25) is 11.8 Å². The lowest BCUT2D eigenvalue weighted by atomic mass is 9.99. The lowest BCUT2D eigenvalue weighted by Gasteiger charge is -2.35. The Bertz CT molecular complexity index is 2610. The highest BCUT2D eigenvalue weighted by Gasteiger charge is 2.45. The minimum Gasteiger partial charge on any atom is -0.299 e. The Labute approximate surface area is 343 Å². The summed E-state index contributed by atoms with van der Waals surface area (Å²) in [4.78, 5) is 62.8. The number of nitrogens with one attached hydrogen (secondary N) is 1. The first-order valence-corrected chi connectivity index (χ1v) is 20.5. The van der Waals surface area contributed by atoms with E-state index in [1.54, 1.807) is 29.7 Å². The highest BCUT2D eigenvalue weighted by molar-refractivity contribution is 7.15. The van der Waals surface area contributed by atoms with Gasteiger partial charge in [0.25, 0.3) is 11.8 Å². The Hall–Kier alpha value is -5.79.